The van der Waals surface area contributed by atoms with Gasteiger partial charge in [-0.15, -0.1) is 0 Å². The Morgan fingerprint density at radius 2 is 1.93 bits per heavy atom. The van der Waals surface area contributed by atoms with Gasteiger partial charge in [0.25, 0.3) is 5.91 Å². The fourth-order valence-electron chi connectivity index (χ4n) is 3.54. The summed E-state index contributed by atoms with van der Waals surface area (Å²) in [5, 5.41) is 1.36. The van der Waals surface area contributed by atoms with Crippen molar-refractivity contribution in [3.63, 3.8) is 0 Å². The van der Waals surface area contributed by atoms with Crippen LogP contribution in [0.3, 0.4) is 0 Å². The fraction of sp³-hybridized carbons (Fsp3) is 0.417. The Bertz CT molecular complexity index is 1040. The molecule has 0 saturated carbocycles. The SMILES string of the molecule is CCCn1c(CN(CCC(C)C)C(=O)c2ccc(Cl)c(C)c2)nc2ccc(Cl)cc21. The summed E-state index contributed by atoms with van der Waals surface area (Å²) in [6.07, 6.45) is 1.90. The van der Waals surface area contributed by atoms with E-state index in [0.717, 1.165) is 41.8 Å². The first-order chi connectivity index (χ1) is 14.3. The van der Waals surface area contributed by atoms with E-state index in [1.807, 2.05) is 36.1 Å². The largest absolute Gasteiger partial charge is 0.331 e. The van der Waals surface area contributed by atoms with Gasteiger partial charge in [0.2, 0.25) is 0 Å². The Balaban J connectivity index is 1.97. The lowest BCUT2D eigenvalue weighted by Crippen LogP contribution is -2.33. The van der Waals surface area contributed by atoms with Crippen molar-refractivity contribution in [2.45, 2.75) is 53.6 Å². The molecule has 1 aromatic heterocycles. The molecule has 0 unspecified atom stereocenters. The van der Waals surface area contributed by atoms with E-state index in [2.05, 4.69) is 25.3 Å². The van der Waals surface area contributed by atoms with E-state index in [9.17, 15) is 4.79 Å². The van der Waals surface area contributed by atoms with Gasteiger partial charge in [-0.05, 0) is 67.6 Å². The number of carbonyl (C=O) groups excluding carboxylic acids is 1. The van der Waals surface area contributed by atoms with E-state index in [4.69, 9.17) is 28.2 Å². The van der Waals surface area contributed by atoms with E-state index in [-0.39, 0.29) is 5.91 Å². The molecule has 2 aromatic carbocycles. The molecule has 3 rings (SSSR count). The van der Waals surface area contributed by atoms with Crippen molar-refractivity contribution in [2.24, 2.45) is 5.92 Å². The number of aromatic nitrogens is 2. The van der Waals surface area contributed by atoms with Crippen LogP contribution in [0.2, 0.25) is 10.0 Å². The highest BCUT2D eigenvalue weighted by atomic mass is 35.5. The molecule has 0 radical (unpaired) electrons. The van der Waals surface area contributed by atoms with E-state index >= 15 is 0 Å². The number of fused-ring (bicyclic) bond motifs is 1. The number of imidazole rings is 1. The predicted octanol–water partition coefficient (Wildman–Crippen LogP) is 6.75. The number of rotatable bonds is 8. The summed E-state index contributed by atoms with van der Waals surface area (Å²) in [6, 6.07) is 11.2. The number of carbonyl (C=O) groups is 1. The number of hydrogen-bond donors (Lipinski definition) is 0. The minimum Gasteiger partial charge on any atom is -0.331 e. The molecule has 1 heterocycles. The maximum Gasteiger partial charge on any atom is 0.254 e. The number of amides is 1. The first-order valence-corrected chi connectivity index (χ1v) is 11.3. The molecule has 1 amide bonds. The number of hydrogen-bond acceptors (Lipinski definition) is 2. The molecule has 0 aliphatic heterocycles. The number of halogens is 2. The van der Waals surface area contributed by atoms with Crippen molar-refractivity contribution in [1.82, 2.24) is 14.5 Å². The van der Waals surface area contributed by atoms with Gasteiger partial charge < -0.3 is 9.47 Å². The predicted molar refractivity (Wildman–Crippen MR) is 125 cm³/mol. The molecule has 0 saturated heterocycles. The third-order valence-electron chi connectivity index (χ3n) is 5.24. The summed E-state index contributed by atoms with van der Waals surface area (Å²) in [7, 11) is 0. The molecular formula is C24H29Cl2N3O. The summed E-state index contributed by atoms with van der Waals surface area (Å²) in [5.74, 6) is 1.39. The minimum absolute atomic E-state index is 0.00329. The number of nitrogens with zero attached hydrogens (tertiary/aromatic N) is 3. The molecule has 160 valence electrons. The molecule has 0 bridgehead atoms. The molecular weight excluding hydrogens is 417 g/mol. The Morgan fingerprint density at radius 3 is 2.60 bits per heavy atom. The summed E-state index contributed by atoms with van der Waals surface area (Å²) in [4.78, 5) is 20.1. The molecule has 4 nitrogen and oxygen atoms in total. The lowest BCUT2D eigenvalue weighted by atomic mass is 10.1. The van der Waals surface area contributed by atoms with Gasteiger partial charge in [0, 0.05) is 28.7 Å². The molecule has 0 atom stereocenters. The quantitative estimate of drug-likeness (QED) is 0.384. The van der Waals surface area contributed by atoms with E-state index in [0.29, 0.717) is 34.6 Å². The second kappa shape index (κ2) is 9.84. The fourth-order valence-corrected chi connectivity index (χ4v) is 3.82. The highest BCUT2D eigenvalue weighted by molar-refractivity contribution is 6.31. The molecule has 0 spiro atoms. The number of benzene rings is 2. The van der Waals surface area contributed by atoms with Gasteiger partial charge in [-0.1, -0.05) is 44.0 Å². The van der Waals surface area contributed by atoms with Gasteiger partial charge in [0.15, 0.2) is 0 Å². The van der Waals surface area contributed by atoms with Crippen LogP contribution in [0.15, 0.2) is 36.4 Å². The van der Waals surface area contributed by atoms with Gasteiger partial charge in [-0.25, -0.2) is 4.98 Å². The third kappa shape index (κ3) is 5.16. The van der Waals surface area contributed by atoms with E-state index < -0.39 is 0 Å². The first-order valence-electron chi connectivity index (χ1n) is 10.5. The van der Waals surface area contributed by atoms with Crippen LogP contribution in [0.25, 0.3) is 11.0 Å². The van der Waals surface area contributed by atoms with Gasteiger partial charge >= 0.3 is 0 Å². The Labute approximate surface area is 188 Å². The van der Waals surface area contributed by atoms with Crippen LogP contribution in [-0.2, 0) is 13.1 Å². The summed E-state index contributed by atoms with van der Waals surface area (Å²) in [5.41, 5.74) is 3.47. The van der Waals surface area contributed by atoms with E-state index in [1.54, 1.807) is 12.1 Å². The van der Waals surface area contributed by atoms with Crippen LogP contribution in [0.1, 0.15) is 55.4 Å². The average molecular weight is 446 g/mol. The molecule has 6 heteroatoms. The molecule has 30 heavy (non-hydrogen) atoms. The average Bonchev–Trinajstić information content (AvgIpc) is 3.03. The van der Waals surface area contributed by atoms with Crippen LogP contribution in [0.5, 0.6) is 0 Å². The van der Waals surface area contributed by atoms with Crippen molar-refractivity contribution >= 4 is 40.1 Å². The van der Waals surface area contributed by atoms with Crippen molar-refractivity contribution in [1.29, 1.82) is 0 Å². The number of aryl methyl sites for hydroxylation is 2. The summed E-state index contributed by atoms with van der Waals surface area (Å²) in [6.45, 7) is 10.4. The molecule has 0 aliphatic rings. The Kier molecular flexibility index (Phi) is 7.43. The Morgan fingerprint density at radius 1 is 1.17 bits per heavy atom. The van der Waals surface area contributed by atoms with Crippen molar-refractivity contribution in [3.05, 3.63) is 63.4 Å². The van der Waals surface area contributed by atoms with Gasteiger partial charge in [-0.2, -0.15) is 0 Å². The summed E-state index contributed by atoms with van der Waals surface area (Å²) >= 11 is 12.4. The molecule has 0 fully saturated rings. The van der Waals surface area contributed by atoms with Crippen LogP contribution in [0, 0.1) is 12.8 Å². The molecule has 0 N–H and O–H groups in total. The minimum atomic E-state index is 0.00329. The second-order valence-corrected chi connectivity index (χ2v) is 9.03. The van der Waals surface area contributed by atoms with E-state index in [1.165, 1.54) is 0 Å². The van der Waals surface area contributed by atoms with Crippen LogP contribution in [-0.4, -0.2) is 26.9 Å². The second-order valence-electron chi connectivity index (χ2n) is 8.19. The van der Waals surface area contributed by atoms with Gasteiger partial charge in [-0.3, -0.25) is 4.79 Å². The maximum atomic E-state index is 13.4. The first kappa shape index (κ1) is 22.6. The van der Waals surface area contributed by atoms with Crippen molar-refractivity contribution in [2.75, 3.05) is 6.54 Å². The lowest BCUT2D eigenvalue weighted by molar-refractivity contribution is 0.0729. The third-order valence-corrected chi connectivity index (χ3v) is 5.90. The zero-order valence-corrected chi connectivity index (χ0v) is 19.6. The van der Waals surface area contributed by atoms with Crippen LogP contribution in [0.4, 0.5) is 0 Å². The Hall–Kier alpha value is -2.04. The maximum absolute atomic E-state index is 13.4. The summed E-state index contributed by atoms with van der Waals surface area (Å²) < 4.78 is 2.18. The van der Waals surface area contributed by atoms with Crippen LogP contribution < -0.4 is 0 Å². The van der Waals surface area contributed by atoms with Gasteiger partial charge in [0.1, 0.15) is 5.82 Å². The highest BCUT2D eigenvalue weighted by Crippen LogP contribution is 2.24. The topological polar surface area (TPSA) is 38.1 Å². The lowest BCUT2D eigenvalue weighted by Gasteiger charge is -2.24. The van der Waals surface area contributed by atoms with Gasteiger partial charge in [0.05, 0.1) is 17.6 Å². The molecule has 3 aromatic rings. The zero-order chi connectivity index (χ0) is 21.8. The standard InChI is InChI=1S/C24H29Cl2N3O/c1-5-11-29-22-14-19(25)7-9-21(22)27-23(29)15-28(12-10-16(2)3)24(30)18-6-8-20(26)17(4)13-18/h6-9,13-14,16H,5,10-12,15H2,1-4H3. The van der Waals surface area contributed by atoms with Crippen molar-refractivity contribution < 1.29 is 4.79 Å². The zero-order valence-electron chi connectivity index (χ0n) is 18.1. The van der Waals surface area contributed by atoms with Crippen LogP contribution >= 0.6 is 23.2 Å². The van der Waals surface area contributed by atoms with Crippen molar-refractivity contribution in [3.8, 4) is 0 Å². The highest BCUT2D eigenvalue weighted by Gasteiger charge is 2.21. The monoisotopic (exact) mass is 445 g/mol. The normalized spacial score (nSPS) is 11.4. The smallest absolute Gasteiger partial charge is 0.254 e. The molecule has 0 aliphatic carbocycles.